The first-order chi connectivity index (χ1) is 10.5. The Balaban J connectivity index is 2.38. The van der Waals surface area contributed by atoms with Crippen molar-refractivity contribution in [2.45, 2.75) is 31.7 Å². The quantitative estimate of drug-likeness (QED) is 0.678. The Morgan fingerprint density at radius 1 is 1.36 bits per heavy atom. The lowest BCUT2D eigenvalue weighted by Gasteiger charge is -2.09. The number of ether oxygens (including phenoxy) is 1. The number of nitriles is 1. The third-order valence-corrected chi connectivity index (χ3v) is 3.59. The minimum Gasteiger partial charge on any atom is -0.374 e. The number of aromatic nitrogens is 2. The standard InChI is InChI=1S/C16H17N3O2S/c1-10(2)21-9-11-4-6-12(7-5-11)14-13(8-17)15(20)19-16(18-14)22-3/h4-7,10H,9H2,1-3H3,(H,18,19,20). The molecule has 5 nitrogen and oxygen atoms in total. The van der Waals surface area contributed by atoms with Crippen molar-refractivity contribution in [1.82, 2.24) is 9.97 Å². The number of benzene rings is 1. The average Bonchev–Trinajstić information content (AvgIpc) is 2.52. The smallest absolute Gasteiger partial charge is 0.270 e. The van der Waals surface area contributed by atoms with Crippen LogP contribution in [0.1, 0.15) is 25.0 Å². The third kappa shape index (κ3) is 3.75. The first kappa shape index (κ1) is 16.3. The van der Waals surface area contributed by atoms with Crippen molar-refractivity contribution < 1.29 is 4.74 Å². The molecule has 6 heteroatoms. The molecule has 0 aliphatic heterocycles. The fourth-order valence-corrected chi connectivity index (χ4v) is 2.26. The highest BCUT2D eigenvalue weighted by Crippen LogP contribution is 2.22. The summed E-state index contributed by atoms with van der Waals surface area (Å²) in [6, 6.07) is 9.47. The van der Waals surface area contributed by atoms with Crippen LogP contribution in [-0.4, -0.2) is 22.3 Å². The van der Waals surface area contributed by atoms with Gasteiger partial charge >= 0.3 is 0 Å². The van der Waals surface area contributed by atoms with Crippen LogP contribution >= 0.6 is 11.8 Å². The summed E-state index contributed by atoms with van der Waals surface area (Å²) in [6.07, 6.45) is 1.99. The van der Waals surface area contributed by atoms with Crippen LogP contribution in [0, 0.1) is 11.3 Å². The maximum absolute atomic E-state index is 11.9. The Hall–Kier alpha value is -2.10. The van der Waals surface area contributed by atoms with Crippen LogP contribution in [0.2, 0.25) is 0 Å². The molecule has 0 saturated heterocycles. The van der Waals surface area contributed by atoms with Crippen LogP contribution < -0.4 is 5.56 Å². The highest BCUT2D eigenvalue weighted by Gasteiger charge is 2.13. The fourth-order valence-electron chi connectivity index (χ4n) is 1.88. The zero-order valence-electron chi connectivity index (χ0n) is 12.7. The Morgan fingerprint density at radius 2 is 2.05 bits per heavy atom. The molecular weight excluding hydrogens is 298 g/mol. The van der Waals surface area contributed by atoms with Crippen LogP contribution in [0.4, 0.5) is 0 Å². The molecule has 2 rings (SSSR count). The molecular formula is C16H17N3O2S. The number of hydrogen-bond acceptors (Lipinski definition) is 5. The normalized spacial score (nSPS) is 10.7. The lowest BCUT2D eigenvalue weighted by atomic mass is 10.1. The van der Waals surface area contributed by atoms with Gasteiger partial charge in [-0.1, -0.05) is 36.0 Å². The second kappa shape index (κ2) is 7.25. The molecule has 0 radical (unpaired) electrons. The van der Waals surface area contributed by atoms with Crippen LogP contribution in [0.15, 0.2) is 34.2 Å². The van der Waals surface area contributed by atoms with Crippen molar-refractivity contribution in [3.8, 4) is 17.3 Å². The van der Waals surface area contributed by atoms with Crippen molar-refractivity contribution in [2.75, 3.05) is 6.26 Å². The molecule has 0 amide bonds. The number of rotatable bonds is 5. The van der Waals surface area contributed by atoms with E-state index in [-0.39, 0.29) is 11.7 Å². The minimum atomic E-state index is -0.413. The Morgan fingerprint density at radius 3 is 2.59 bits per heavy atom. The SMILES string of the molecule is CSc1nc(-c2ccc(COC(C)C)cc2)c(C#N)c(=O)[nH]1. The van der Waals surface area contributed by atoms with Crippen LogP contribution in [0.5, 0.6) is 0 Å². The van der Waals surface area contributed by atoms with Crippen LogP contribution in [0.25, 0.3) is 11.3 Å². The van der Waals surface area contributed by atoms with Crippen LogP contribution in [-0.2, 0) is 11.3 Å². The molecule has 0 bridgehead atoms. The van der Waals surface area contributed by atoms with Gasteiger partial charge in [-0.05, 0) is 25.7 Å². The Bertz CT molecular complexity index is 745. The van der Waals surface area contributed by atoms with E-state index in [4.69, 9.17) is 4.74 Å². The van der Waals surface area contributed by atoms with E-state index < -0.39 is 5.56 Å². The Kier molecular flexibility index (Phi) is 5.36. The van der Waals surface area contributed by atoms with E-state index in [0.29, 0.717) is 17.5 Å². The number of aromatic amines is 1. The van der Waals surface area contributed by atoms with Crippen LogP contribution in [0.3, 0.4) is 0 Å². The summed E-state index contributed by atoms with van der Waals surface area (Å²) in [4.78, 5) is 18.9. The first-order valence-electron chi connectivity index (χ1n) is 6.84. The number of nitrogens with zero attached hydrogens (tertiary/aromatic N) is 2. The van der Waals surface area contributed by atoms with Gasteiger partial charge < -0.3 is 9.72 Å². The van der Waals surface area contributed by atoms with Gasteiger partial charge in [0.1, 0.15) is 11.6 Å². The van der Waals surface area contributed by atoms with E-state index in [9.17, 15) is 10.1 Å². The zero-order valence-corrected chi connectivity index (χ0v) is 13.5. The van der Waals surface area contributed by atoms with Gasteiger partial charge in [-0.3, -0.25) is 4.79 Å². The number of hydrogen-bond donors (Lipinski definition) is 1. The summed E-state index contributed by atoms with van der Waals surface area (Å²) in [5, 5.41) is 9.68. The topological polar surface area (TPSA) is 78.8 Å². The van der Waals surface area contributed by atoms with E-state index in [1.807, 2.05) is 50.4 Å². The monoisotopic (exact) mass is 315 g/mol. The fraction of sp³-hybridized carbons (Fsp3) is 0.312. The molecule has 0 spiro atoms. The second-order valence-electron chi connectivity index (χ2n) is 4.97. The molecule has 1 aromatic heterocycles. The molecule has 0 aliphatic rings. The van der Waals surface area contributed by atoms with Gasteiger partial charge in [0.2, 0.25) is 0 Å². The molecule has 114 valence electrons. The molecule has 1 N–H and O–H groups in total. The van der Waals surface area contributed by atoms with Gasteiger partial charge in [-0.25, -0.2) is 4.98 Å². The maximum atomic E-state index is 11.9. The van der Waals surface area contributed by atoms with E-state index >= 15 is 0 Å². The summed E-state index contributed by atoms with van der Waals surface area (Å²) in [7, 11) is 0. The van der Waals surface area contributed by atoms with E-state index in [1.165, 1.54) is 11.8 Å². The summed E-state index contributed by atoms with van der Waals surface area (Å²) >= 11 is 1.33. The number of nitrogens with one attached hydrogen (secondary N) is 1. The Labute approximate surface area is 133 Å². The maximum Gasteiger partial charge on any atom is 0.270 e. The molecule has 0 unspecified atom stereocenters. The van der Waals surface area contributed by atoms with Gasteiger partial charge in [-0.2, -0.15) is 5.26 Å². The van der Waals surface area contributed by atoms with E-state index in [2.05, 4.69) is 9.97 Å². The highest BCUT2D eigenvalue weighted by atomic mass is 32.2. The molecule has 0 aliphatic carbocycles. The van der Waals surface area contributed by atoms with Crippen molar-refractivity contribution in [1.29, 1.82) is 5.26 Å². The largest absolute Gasteiger partial charge is 0.374 e. The summed E-state index contributed by atoms with van der Waals surface area (Å²) in [5.74, 6) is 0. The zero-order chi connectivity index (χ0) is 16.1. The van der Waals surface area contributed by atoms with Gasteiger partial charge in [-0.15, -0.1) is 0 Å². The lowest BCUT2D eigenvalue weighted by Crippen LogP contribution is -2.14. The minimum absolute atomic E-state index is 0.0315. The van der Waals surface area contributed by atoms with Crippen molar-refractivity contribution in [2.24, 2.45) is 0 Å². The molecule has 1 heterocycles. The van der Waals surface area contributed by atoms with Crippen molar-refractivity contribution in [3.63, 3.8) is 0 Å². The molecule has 22 heavy (non-hydrogen) atoms. The molecule has 2 aromatic rings. The van der Waals surface area contributed by atoms with Crippen molar-refractivity contribution in [3.05, 3.63) is 45.7 Å². The second-order valence-corrected chi connectivity index (χ2v) is 5.76. The van der Waals surface area contributed by atoms with E-state index in [1.54, 1.807) is 0 Å². The predicted molar refractivity (Wildman–Crippen MR) is 86.7 cm³/mol. The molecule has 0 fully saturated rings. The summed E-state index contributed by atoms with van der Waals surface area (Å²) < 4.78 is 5.55. The van der Waals surface area contributed by atoms with Crippen molar-refractivity contribution >= 4 is 11.8 Å². The molecule has 0 saturated carbocycles. The van der Waals surface area contributed by atoms with E-state index in [0.717, 1.165) is 11.1 Å². The number of H-pyrrole nitrogens is 1. The molecule has 0 atom stereocenters. The number of thioether (sulfide) groups is 1. The average molecular weight is 315 g/mol. The molecule has 1 aromatic carbocycles. The van der Waals surface area contributed by atoms with Gasteiger partial charge in [0.15, 0.2) is 5.16 Å². The lowest BCUT2D eigenvalue weighted by molar-refractivity contribution is 0.0657. The van der Waals surface area contributed by atoms with Gasteiger partial charge in [0, 0.05) is 5.56 Å². The summed E-state index contributed by atoms with van der Waals surface area (Å²) in [6.45, 7) is 4.50. The van der Waals surface area contributed by atoms with Gasteiger partial charge in [0.25, 0.3) is 5.56 Å². The highest BCUT2D eigenvalue weighted by molar-refractivity contribution is 7.98. The van der Waals surface area contributed by atoms with Gasteiger partial charge in [0.05, 0.1) is 18.4 Å². The third-order valence-electron chi connectivity index (χ3n) is 3.01. The predicted octanol–water partition coefficient (Wildman–Crippen LogP) is 2.96. The summed E-state index contributed by atoms with van der Waals surface area (Å²) in [5.41, 5.74) is 1.80. The first-order valence-corrected chi connectivity index (χ1v) is 8.07.